The third-order valence-corrected chi connectivity index (χ3v) is 3.91. The average Bonchev–Trinajstić information content (AvgIpc) is 2.70. The Morgan fingerprint density at radius 3 is 2.26 bits per heavy atom. The van der Waals surface area contributed by atoms with E-state index < -0.39 is 5.97 Å². The molecule has 1 aromatic heterocycles. The van der Waals surface area contributed by atoms with Crippen LogP contribution >= 0.6 is 11.3 Å². The summed E-state index contributed by atoms with van der Waals surface area (Å²) < 4.78 is 0. The summed E-state index contributed by atoms with van der Waals surface area (Å²) in [5, 5.41) is 9.97. The van der Waals surface area contributed by atoms with Crippen LogP contribution in [0.5, 0.6) is 0 Å². The minimum atomic E-state index is -0.916. The molecular weight excluding hydrogens is 258 g/mol. The Labute approximate surface area is 116 Å². The van der Waals surface area contributed by atoms with E-state index in [1.54, 1.807) is 0 Å². The van der Waals surface area contributed by atoms with Crippen molar-refractivity contribution in [2.75, 3.05) is 0 Å². The molecule has 19 heavy (non-hydrogen) atoms. The molecule has 0 aliphatic carbocycles. The molecule has 1 heterocycles. The molecule has 0 bridgehead atoms. The van der Waals surface area contributed by atoms with Crippen LogP contribution in [0.3, 0.4) is 0 Å². The lowest BCUT2D eigenvalue weighted by Gasteiger charge is -2.19. The van der Waals surface area contributed by atoms with Gasteiger partial charge in [0.25, 0.3) is 0 Å². The summed E-state index contributed by atoms with van der Waals surface area (Å²) in [6.07, 6.45) is 0. The molecule has 1 N–H and O–H groups in total. The summed E-state index contributed by atoms with van der Waals surface area (Å²) in [5.41, 5.74) is 2.73. The molecule has 0 aliphatic rings. The van der Waals surface area contributed by atoms with Crippen LogP contribution in [-0.2, 0) is 5.41 Å². The zero-order valence-electron chi connectivity index (χ0n) is 11.5. The summed E-state index contributed by atoms with van der Waals surface area (Å²) in [6, 6.07) is 7.97. The fourth-order valence-electron chi connectivity index (χ4n) is 1.90. The number of thiazole rings is 1. The maximum Gasteiger partial charge on any atom is 0.348 e. The van der Waals surface area contributed by atoms with Gasteiger partial charge in [0.1, 0.15) is 4.88 Å². The summed E-state index contributed by atoms with van der Waals surface area (Å²) in [7, 11) is 0. The van der Waals surface area contributed by atoms with E-state index in [0.717, 1.165) is 10.6 Å². The van der Waals surface area contributed by atoms with E-state index in [9.17, 15) is 9.90 Å². The lowest BCUT2D eigenvalue weighted by molar-refractivity contribution is 0.0702. The molecule has 0 unspecified atom stereocenters. The number of benzene rings is 1. The largest absolute Gasteiger partial charge is 0.477 e. The Hall–Kier alpha value is -1.68. The Bertz CT molecular complexity index is 606. The van der Waals surface area contributed by atoms with Gasteiger partial charge in [0.05, 0.1) is 10.7 Å². The van der Waals surface area contributed by atoms with Crippen molar-refractivity contribution in [3.63, 3.8) is 0 Å². The quantitative estimate of drug-likeness (QED) is 0.897. The van der Waals surface area contributed by atoms with E-state index in [2.05, 4.69) is 25.8 Å². The first-order valence-electron chi connectivity index (χ1n) is 6.10. The molecule has 0 saturated heterocycles. The van der Waals surface area contributed by atoms with Gasteiger partial charge in [0, 0.05) is 5.56 Å². The Balaban J connectivity index is 2.46. The molecule has 0 atom stereocenters. The van der Waals surface area contributed by atoms with Gasteiger partial charge < -0.3 is 5.11 Å². The number of aromatic nitrogens is 1. The number of hydrogen-bond donors (Lipinski definition) is 1. The Morgan fingerprint density at radius 2 is 1.79 bits per heavy atom. The first kappa shape index (κ1) is 13.7. The molecule has 2 aromatic rings. The first-order chi connectivity index (χ1) is 8.79. The minimum Gasteiger partial charge on any atom is -0.477 e. The third kappa shape index (κ3) is 2.84. The van der Waals surface area contributed by atoms with Crippen molar-refractivity contribution in [2.24, 2.45) is 0 Å². The predicted octanol–water partition coefficient (Wildman–Crippen LogP) is 4.11. The maximum atomic E-state index is 11.2. The highest BCUT2D eigenvalue weighted by molar-refractivity contribution is 7.14. The van der Waals surface area contributed by atoms with Crippen LogP contribution in [0.1, 0.15) is 41.0 Å². The number of carboxylic acid groups (broad SMARTS) is 1. The minimum absolute atomic E-state index is 0.0894. The topological polar surface area (TPSA) is 50.2 Å². The lowest BCUT2D eigenvalue weighted by atomic mass is 9.86. The van der Waals surface area contributed by atoms with E-state index in [1.165, 1.54) is 16.9 Å². The van der Waals surface area contributed by atoms with Gasteiger partial charge in [-0.2, -0.15) is 0 Å². The monoisotopic (exact) mass is 275 g/mol. The van der Waals surface area contributed by atoms with Crippen molar-refractivity contribution in [3.05, 3.63) is 39.7 Å². The van der Waals surface area contributed by atoms with E-state index in [-0.39, 0.29) is 5.41 Å². The SMILES string of the molecule is Cc1nc(-c2ccc(C(C)(C)C)cc2)c(C(=O)O)s1. The molecule has 0 amide bonds. The van der Waals surface area contributed by atoms with Gasteiger partial charge >= 0.3 is 5.97 Å². The zero-order valence-corrected chi connectivity index (χ0v) is 12.3. The van der Waals surface area contributed by atoms with Crippen molar-refractivity contribution in [3.8, 4) is 11.3 Å². The van der Waals surface area contributed by atoms with Crippen LogP contribution < -0.4 is 0 Å². The van der Waals surface area contributed by atoms with Crippen LogP contribution in [0, 0.1) is 6.92 Å². The summed E-state index contributed by atoms with van der Waals surface area (Å²) >= 11 is 1.22. The molecular formula is C15H17NO2S. The third-order valence-electron chi connectivity index (χ3n) is 2.95. The van der Waals surface area contributed by atoms with Gasteiger partial charge in [-0.25, -0.2) is 9.78 Å². The molecule has 0 radical (unpaired) electrons. The fraction of sp³-hybridized carbons (Fsp3) is 0.333. The number of nitrogens with zero attached hydrogens (tertiary/aromatic N) is 1. The second-order valence-electron chi connectivity index (χ2n) is 5.54. The molecule has 4 heteroatoms. The number of aromatic carboxylic acids is 1. The van der Waals surface area contributed by atoms with Gasteiger partial charge in [0.15, 0.2) is 0 Å². The standard InChI is InChI=1S/C15H17NO2S/c1-9-16-12(13(19-9)14(17)18)10-5-7-11(8-6-10)15(2,3)4/h5-8H,1-4H3,(H,17,18). The fourth-order valence-corrected chi connectivity index (χ4v) is 2.68. The normalized spacial score (nSPS) is 11.6. The summed E-state index contributed by atoms with van der Waals surface area (Å²) in [6.45, 7) is 8.27. The van der Waals surface area contributed by atoms with Crippen LogP contribution in [0.15, 0.2) is 24.3 Å². The summed E-state index contributed by atoms with van der Waals surface area (Å²) in [4.78, 5) is 15.8. The van der Waals surface area contributed by atoms with Crippen molar-refractivity contribution in [2.45, 2.75) is 33.1 Å². The zero-order chi connectivity index (χ0) is 14.2. The average molecular weight is 275 g/mol. The van der Waals surface area contributed by atoms with Crippen LogP contribution in [0.4, 0.5) is 0 Å². The van der Waals surface area contributed by atoms with Crippen molar-refractivity contribution in [1.82, 2.24) is 4.98 Å². The van der Waals surface area contributed by atoms with E-state index in [0.29, 0.717) is 10.6 Å². The maximum absolute atomic E-state index is 11.2. The number of carbonyl (C=O) groups is 1. The molecule has 0 spiro atoms. The Morgan fingerprint density at radius 1 is 1.21 bits per heavy atom. The number of rotatable bonds is 2. The molecule has 3 nitrogen and oxygen atoms in total. The van der Waals surface area contributed by atoms with Crippen molar-refractivity contribution >= 4 is 17.3 Å². The molecule has 0 saturated carbocycles. The Kier molecular flexibility index (Phi) is 3.45. The van der Waals surface area contributed by atoms with E-state index in [4.69, 9.17) is 0 Å². The second kappa shape index (κ2) is 4.78. The molecule has 1 aromatic carbocycles. The highest BCUT2D eigenvalue weighted by Crippen LogP contribution is 2.30. The first-order valence-corrected chi connectivity index (χ1v) is 6.92. The number of carboxylic acids is 1. The van der Waals surface area contributed by atoms with Crippen LogP contribution in [0.25, 0.3) is 11.3 Å². The number of aryl methyl sites for hydroxylation is 1. The molecule has 100 valence electrons. The van der Waals surface area contributed by atoms with Crippen LogP contribution in [-0.4, -0.2) is 16.1 Å². The number of hydrogen-bond acceptors (Lipinski definition) is 3. The highest BCUT2D eigenvalue weighted by Gasteiger charge is 2.18. The van der Waals surface area contributed by atoms with Gasteiger partial charge in [-0.3, -0.25) is 0 Å². The molecule has 0 aliphatic heterocycles. The van der Waals surface area contributed by atoms with Gasteiger partial charge in [0.2, 0.25) is 0 Å². The van der Waals surface area contributed by atoms with Crippen molar-refractivity contribution < 1.29 is 9.90 Å². The van der Waals surface area contributed by atoms with Gasteiger partial charge in [-0.15, -0.1) is 11.3 Å². The predicted molar refractivity (Wildman–Crippen MR) is 77.9 cm³/mol. The summed E-state index contributed by atoms with van der Waals surface area (Å²) in [5.74, 6) is -0.916. The van der Waals surface area contributed by atoms with E-state index in [1.807, 2.05) is 31.2 Å². The van der Waals surface area contributed by atoms with E-state index >= 15 is 0 Å². The highest BCUT2D eigenvalue weighted by atomic mass is 32.1. The second-order valence-corrected chi connectivity index (χ2v) is 6.75. The smallest absolute Gasteiger partial charge is 0.348 e. The molecule has 2 rings (SSSR count). The molecule has 0 fully saturated rings. The van der Waals surface area contributed by atoms with Gasteiger partial charge in [-0.1, -0.05) is 45.0 Å². The van der Waals surface area contributed by atoms with Gasteiger partial charge in [-0.05, 0) is 17.9 Å². The lowest BCUT2D eigenvalue weighted by Crippen LogP contribution is -2.10. The van der Waals surface area contributed by atoms with Crippen molar-refractivity contribution in [1.29, 1.82) is 0 Å². The van der Waals surface area contributed by atoms with Crippen LogP contribution in [0.2, 0.25) is 0 Å².